The van der Waals surface area contributed by atoms with Crippen molar-refractivity contribution in [3.63, 3.8) is 0 Å². The number of rotatable bonds is 7. The van der Waals surface area contributed by atoms with E-state index in [2.05, 4.69) is 0 Å². The van der Waals surface area contributed by atoms with Crippen LogP contribution in [-0.4, -0.2) is 30.1 Å². The second-order valence-corrected chi connectivity index (χ2v) is 5.55. The summed E-state index contributed by atoms with van der Waals surface area (Å²) in [5.41, 5.74) is 6.87. The smallest absolute Gasteiger partial charge is 0.305 e. The van der Waals surface area contributed by atoms with Crippen LogP contribution in [0.2, 0.25) is 0 Å². The summed E-state index contributed by atoms with van der Waals surface area (Å²) in [6.07, 6.45) is 0.516. The number of carboxylic acid groups (broad SMARTS) is 1. The van der Waals surface area contributed by atoms with Gasteiger partial charge in [-0.3, -0.25) is 9.59 Å². The zero-order chi connectivity index (χ0) is 16.0. The molecule has 3 N–H and O–H groups in total. The van der Waals surface area contributed by atoms with E-state index < -0.39 is 11.4 Å². The molecule has 0 radical (unpaired) electrons. The second-order valence-electron chi connectivity index (χ2n) is 5.55. The number of hydrogen-bond donors (Lipinski definition) is 2. The summed E-state index contributed by atoms with van der Waals surface area (Å²) in [6, 6.07) is 7.48. The first-order valence-electron chi connectivity index (χ1n) is 7.14. The van der Waals surface area contributed by atoms with Gasteiger partial charge in [0, 0.05) is 18.8 Å². The minimum absolute atomic E-state index is 0.0933. The van der Waals surface area contributed by atoms with Gasteiger partial charge in [-0.1, -0.05) is 24.6 Å². The van der Waals surface area contributed by atoms with Crippen LogP contribution < -0.4 is 10.6 Å². The summed E-state index contributed by atoms with van der Waals surface area (Å²) < 4.78 is 0. The van der Waals surface area contributed by atoms with Gasteiger partial charge < -0.3 is 15.7 Å². The molecule has 1 atom stereocenters. The normalized spacial score (nSPS) is 13.5. The Hall–Kier alpha value is -1.88. The highest BCUT2D eigenvalue weighted by Crippen LogP contribution is 2.27. The molecule has 1 rings (SSSR count). The van der Waals surface area contributed by atoms with Crippen molar-refractivity contribution in [3.05, 3.63) is 29.8 Å². The van der Waals surface area contributed by atoms with Gasteiger partial charge in [0.25, 0.3) is 0 Å². The molecule has 0 heterocycles. The molecule has 5 nitrogen and oxygen atoms in total. The number of carbonyl (C=O) groups excluding carboxylic acids is 1. The van der Waals surface area contributed by atoms with E-state index in [1.54, 1.807) is 0 Å². The minimum Gasteiger partial charge on any atom is -0.481 e. The summed E-state index contributed by atoms with van der Waals surface area (Å²) in [5, 5.41) is 8.89. The number of hydrogen-bond acceptors (Lipinski definition) is 3. The lowest BCUT2D eigenvalue weighted by molar-refractivity contribution is -0.136. The molecule has 0 spiro atoms. The van der Waals surface area contributed by atoms with Crippen LogP contribution in [-0.2, 0) is 9.59 Å². The molecule has 0 bridgehead atoms. The zero-order valence-corrected chi connectivity index (χ0v) is 12.9. The van der Waals surface area contributed by atoms with E-state index in [1.165, 1.54) is 4.90 Å². The Balaban J connectivity index is 3.09. The number of nitrogens with zero attached hydrogens (tertiary/aromatic N) is 1. The van der Waals surface area contributed by atoms with Crippen molar-refractivity contribution in [2.45, 2.75) is 33.6 Å². The summed E-state index contributed by atoms with van der Waals surface area (Å²) in [7, 11) is 0. The van der Waals surface area contributed by atoms with E-state index in [4.69, 9.17) is 10.8 Å². The number of aryl methyl sites for hydroxylation is 1. The number of aliphatic carboxylic acids is 1. The van der Waals surface area contributed by atoms with Gasteiger partial charge in [-0.15, -0.1) is 0 Å². The standard InChI is InChI=1S/C16H24N2O3/c1-4-16(3,11-17)15(21)18(10-9-14(19)20)13-7-5-12(2)6-8-13/h5-8H,4,9-11,17H2,1-3H3,(H,19,20). The second kappa shape index (κ2) is 7.22. The average molecular weight is 292 g/mol. The first kappa shape index (κ1) is 17.2. The molecule has 0 aliphatic heterocycles. The third kappa shape index (κ3) is 4.29. The number of carbonyl (C=O) groups is 2. The monoisotopic (exact) mass is 292 g/mol. The molecule has 1 aromatic carbocycles. The van der Waals surface area contributed by atoms with Gasteiger partial charge in [-0.25, -0.2) is 0 Å². The van der Waals surface area contributed by atoms with Crippen LogP contribution in [0.15, 0.2) is 24.3 Å². The molecule has 21 heavy (non-hydrogen) atoms. The molecule has 1 amide bonds. The highest BCUT2D eigenvalue weighted by atomic mass is 16.4. The zero-order valence-electron chi connectivity index (χ0n) is 12.9. The topological polar surface area (TPSA) is 83.6 Å². The van der Waals surface area contributed by atoms with Crippen molar-refractivity contribution in [3.8, 4) is 0 Å². The molecule has 116 valence electrons. The Labute approximate surface area is 125 Å². The van der Waals surface area contributed by atoms with Gasteiger partial charge in [-0.05, 0) is 32.4 Å². The Morgan fingerprint density at radius 3 is 2.29 bits per heavy atom. The molecule has 0 fully saturated rings. The van der Waals surface area contributed by atoms with Crippen LogP contribution in [0.3, 0.4) is 0 Å². The molecular formula is C16H24N2O3. The van der Waals surface area contributed by atoms with Crippen molar-refractivity contribution < 1.29 is 14.7 Å². The number of amides is 1. The highest BCUT2D eigenvalue weighted by molar-refractivity contribution is 5.98. The predicted molar refractivity (Wildman–Crippen MR) is 83.2 cm³/mol. The fourth-order valence-corrected chi connectivity index (χ4v) is 1.99. The lowest BCUT2D eigenvalue weighted by atomic mass is 9.85. The van der Waals surface area contributed by atoms with Gasteiger partial charge in [0.2, 0.25) is 5.91 Å². The Kier molecular flexibility index (Phi) is 5.90. The minimum atomic E-state index is -0.925. The number of nitrogens with two attached hydrogens (primary N) is 1. The van der Waals surface area contributed by atoms with Crippen LogP contribution in [0, 0.1) is 12.3 Å². The van der Waals surface area contributed by atoms with E-state index in [9.17, 15) is 9.59 Å². The van der Waals surface area contributed by atoms with Crippen molar-refractivity contribution in [2.75, 3.05) is 18.0 Å². The van der Waals surface area contributed by atoms with Crippen molar-refractivity contribution >= 4 is 17.6 Å². The average Bonchev–Trinajstić information content (AvgIpc) is 2.47. The number of anilines is 1. The maximum atomic E-state index is 12.8. The molecule has 0 saturated carbocycles. The van der Waals surface area contributed by atoms with Gasteiger partial charge in [0.1, 0.15) is 0 Å². The largest absolute Gasteiger partial charge is 0.481 e. The van der Waals surface area contributed by atoms with Gasteiger partial charge in [-0.2, -0.15) is 0 Å². The molecule has 5 heteroatoms. The Morgan fingerprint density at radius 2 is 1.86 bits per heavy atom. The quantitative estimate of drug-likeness (QED) is 0.806. The maximum absolute atomic E-state index is 12.8. The van der Waals surface area contributed by atoms with Gasteiger partial charge in [0.15, 0.2) is 0 Å². The van der Waals surface area contributed by atoms with E-state index in [-0.39, 0.29) is 25.4 Å². The van der Waals surface area contributed by atoms with Crippen LogP contribution in [0.25, 0.3) is 0 Å². The van der Waals surface area contributed by atoms with Gasteiger partial charge >= 0.3 is 5.97 Å². The maximum Gasteiger partial charge on any atom is 0.305 e. The van der Waals surface area contributed by atoms with Crippen LogP contribution in [0.1, 0.15) is 32.3 Å². The van der Waals surface area contributed by atoms with Crippen molar-refractivity contribution in [1.82, 2.24) is 0 Å². The van der Waals surface area contributed by atoms with E-state index >= 15 is 0 Å². The lowest BCUT2D eigenvalue weighted by Crippen LogP contribution is -2.47. The molecular weight excluding hydrogens is 268 g/mol. The van der Waals surface area contributed by atoms with E-state index in [1.807, 2.05) is 45.0 Å². The molecule has 0 aromatic heterocycles. The highest BCUT2D eigenvalue weighted by Gasteiger charge is 2.34. The van der Waals surface area contributed by atoms with Gasteiger partial charge in [0.05, 0.1) is 11.8 Å². The first-order valence-corrected chi connectivity index (χ1v) is 7.14. The molecule has 1 unspecified atom stereocenters. The molecule has 1 aromatic rings. The van der Waals surface area contributed by atoms with Crippen LogP contribution in [0.5, 0.6) is 0 Å². The summed E-state index contributed by atoms with van der Waals surface area (Å²) in [4.78, 5) is 25.1. The Morgan fingerprint density at radius 1 is 1.29 bits per heavy atom. The summed E-state index contributed by atoms with van der Waals surface area (Å²) in [5.74, 6) is -1.05. The number of carboxylic acids is 1. The number of benzene rings is 1. The molecule has 0 saturated heterocycles. The van der Waals surface area contributed by atoms with Crippen molar-refractivity contribution in [1.29, 1.82) is 0 Å². The Bertz CT molecular complexity index is 493. The SMILES string of the molecule is CCC(C)(CN)C(=O)N(CCC(=O)O)c1ccc(C)cc1. The van der Waals surface area contributed by atoms with E-state index in [0.717, 1.165) is 5.56 Å². The predicted octanol–water partition coefficient (Wildman–Crippen LogP) is 2.18. The fraction of sp³-hybridized carbons (Fsp3) is 0.500. The van der Waals surface area contributed by atoms with Crippen LogP contribution >= 0.6 is 0 Å². The molecule has 0 aliphatic rings. The third-order valence-corrected chi connectivity index (χ3v) is 3.89. The van der Waals surface area contributed by atoms with Crippen molar-refractivity contribution in [2.24, 2.45) is 11.1 Å². The fourth-order valence-electron chi connectivity index (χ4n) is 1.99. The molecule has 0 aliphatic carbocycles. The van der Waals surface area contributed by atoms with E-state index in [0.29, 0.717) is 12.1 Å². The first-order chi connectivity index (χ1) is 9.84. The van der Waals surface area contributed by atoms with Crippen LogP contribution in [0.4, 0.5) is 5.69 Å². The summed E-state index contributed by atoms with van der Waals surface area (Å²) in [6.45, 7) is 6.07. The third-order valence-electron chi connectivity index (χ3n) is 3.89. The lowest BCUT2D eigenvalue weighted by Gasteiger charge is -2.33. The summed E-state index contributed by atoms with van der Waals surface area (Å²) >= 11 is 0.